The molecule has 2 aromatic carbocycles. The van der Waals surface area contributed by atoms with Crippen LogP contribution in [0.1, 0.15) is 31.2 Å². The number of amides is 1. The number of likely N-dealkylation sites (tertiary alicyclic amines) is 1. The van der Waals surface area contributed by atoms with Crippen molar-refractivity contribution >= 4 is 39.1 Å². The van der Waals surface area contributed by atoms with E-state index in [-0.39, 0.29) is 11.5 Å². The van der Waals surface area contributed by atoms with E-state index in [4.69, 9.17) is 4.98 Å². The number of hydrogen-bond donors (Lipinski definition) is 3. The Labute approximate surface area is 208 Å². The van der Waals surface area contributed by atoms with Crippen LogP contribution in [-0.4, -0.2) is 38.8 Å². The maximum atomic E-state index is 12.7. The van der Waals surface area contributed by atoms with E-state index in [0.29, 0.717) is 17.1 Å². The molecule has 180 valence electrons. The van der Waals surface area contributed by atoms with Gasteiger partial charge in [-0.15, -0.1) is 0 Å². The summed E-state index contributed by atoms with van der Waals surface area (Å²) in [6.07, 6.45) is 5.53. The predicted octanol–water partition coefficient (Wildman–Crippen LogP) is 5.54. The van der Waals surface area contributed by atoms with Crippen LogP contribution in [0.15, 0.2) is 77.9 Å². The summed E-state index contributed by atoms with van der Waals surface area (Å²) in [6, 6.07) is 20.4. The highest BCUT2D eigenvalue weighted by atomic mass is 16.2. The van der Waals surface area contributed by atoms with Gasteiger partial charge in [-0.25, -0.2) is 4.98 Å². The van der Waals surface area contributed by atoms with Gasteiger partial charge in [-0.2, -0.15) is 0 Å². The van der Waals surface area contributed by atoms with Gasteiger partial charge in [0, 0.05) is 49.2 Å². The standard InChI is InChI=1S/C29H27N5O2/c1-18(35)34-14-10-20(11-15-34)19-4-6-24(7-5-19)32-28-27-23(9-13-31-29(27)36)17-26(33-28)22-3-2-21-8-12-30-25(21)16-22/h2-9,12-13,16-17,20,30H,10-11,14-15H2,1H3,(H,31,36)(H,32,33). The molecular weight excluding hydrogens is 450 g/mol. The Kier molecular flexibility index (Phi) is 5.52. The molecule has 5 aromatic rings. The molecule has 0 saturated carbocycles. The molecule has 0 radical (unpaired) electrons. The number of benzene rings is 2. The van der Waals surface area contributed by atoms with Crippen molar-refractivity contribution in [1.29, 1.82) is 0 Å². The SMILES string of the molecule is CC(=O)N1CCC(c2ccc(Nc3nc(-c4ccc5cc[nH]c5c4)cc4cc[nH]c(=O)c34)cc2)CC1. The number of carbonyl (C=O) groups is 1. The van der Waals surface area contributed by atoms with Crippen LogP contribution in [-0.2, 0) is 4.79 Å². The van der Waals surface area contributed by atoms with Crippen molar-refractivity contribution in [3.05, 3.63) is 89.0 Å². The molecule has 0 bridgehead atoms. The second-order valence-corrected chi connectivity index (χ2v) is 9.43. The number of piperidine rings is 1. The average Bonchev–Trinajstić information content (AvgIpc) is 3.37. The second-order valence-electron chi connectivity index (χ2n) is 9.43. The summed E-state index contributed by atoms with van der Waals surface area (Å²) in [4.78, 5) is 37.2. The maximum absolute atomic E-state index is 12.7. The minimum Gasteiger partial charge on any atom is -0.361 e. The molecule has 3 N–H and O–H groups in total. The lowest BCUT2D eigenvalue weighted by molar-refractivity contribution is -0.129. The van der Waals surface area contributed by atoms with Crippen LogP contribution in [0.3, 0.4) is 0 Å². The summed E-state index contributed by atoms with van der Waals surface area (Å²) >= 11 is 0. The van der Waals surface area contributed by atoms with Gasteiger partial charge in [0.25, 0.3) is 5.56 Å². The lowest BCUT2D eigenvalue weighted by atomic mass is 9.89. The molecule has 36 heavy (non-hydrogen) atoms. The van der Waals surface area contributed by atoms with Crippen molar-refractivity contribution in [2.24, 2.45) is 0 Å². The molecule has 1 aliphatic heterocycles. The predicted molar refractivity (Wildman–Crippen MR) is 144 cm³/mol. The minimum atomic E-state index is -0.178. The summed E-state index contributed by atoms with van der Waals surface area (Å²) < 4.78 is 0. The largest absolute Gasteiger partial charge is 0.361 e. The zero-order valence-electron chi connectivity index (χ0n) is 20.0. The van der Waals surface area contributed by atoms with E-state index in [0.717, 1.165) is 59.2 Å². The average molecular weight is 478 g/mol. The Balaban J connectivity index is 1.31. The first-order valence-corrected chi connectivity index (χ1v) is 12.3. The third-order valence-corrected chi connectivity index (χ3v) is 7.19. The number of hydrogen-bond acceptors (Lipinski definition) is 4. The molecule has 1 saturated heterocycles. The third kappa shape index (κ3) is 4.13. The van der Waals surface area contributed by atoms with Gasteiger partial charge in [0.1, 0.15) is 5.82 Å². The molecule has 1 fully saturated rings. The summed E-state index contributed by atoms with van der Waals surface area (Å²) in [7, 11) is 0. The smallest absolute Gasteiger partial charge is 0.259 e. The number of carbonyl (C=O) groups excluding carboxylic acids is 1. The molecule has 7 heteroatoms. The summed E-state index contributed by atoms with van der Waals surface area (Å²) in [5.74, 6) is 1.12. The van der Waals surface area contributed by atoms with Crippen LogP contribution in [0.25, 0.3) is 32.9 Å². The van der Waals surface area contributed by atoms with Gasteiger partial charge in [0.2, 0.25) is 5.91 Å². The fraction of sp³-hybridized carbons (Fsp3) is 0.207. The second kappa shape index (κ2) is 9.00. The molecule has 1 amide bonds. The molecule has 1 aliphatic rings. The lowest BCUT2D eigenvalue weighted by Crippen LogP contribution is -2.36. The van der Waals surface area contributed by atoms with E-state index < -0.39 is 0 Å². The van der Waals surface area contributed by atoms with Crippen LogP contribution in [0.4, 0.5) is 11.5 Å². The Hall–Kier alpha value is -4.39. The minimum absolute atomic E-state index is 0.151. The van der Waals surface area contributed by atoms with Crippen molar-refractivity contribution in [3.8, 4) is 11.3 Å². The van der Waals surface area contributed by atoms with Crippen molar-refractivity contribution in [1.82, 2.24) is 19.9 Å². The van der Waals surface area contributed by atoms with Gasteiger partial charge in [0.05, 0.1) is 11.1 Å². The number of aromatic amines is 2. The molecule has 6 rings (SSSR count). The third-order valence-electron chi connectivity index (χ3n) is 7.19. The zero-order chi connectivity index (χ0) is 24.6. The number of nitrogens with one attached hydrogen (secondary N) is 3. The number of pyridine rings is 2. The van der Waals surface area contributed by atoms with E-state index >= 15 is 0 Å². The fourth-order valence-corrected chi connectivity index (χ4v) is 5.16. The summed E-state index contributed by atoms with van der Waals surface area (Å²) in [5.41, 5.74) is 4.77. The van der Waals surface area contributed by atoms with Crippen molar-refractivity contribution < 1.29 is 4.79 Å². The molecular formula is C29H27N5O2. The first-order valence-electron chi connectivity index (χ1n) is 12.3. The molecule has 7 nitrogen and oxygen atoms in total. The molecule has 0 atom stereocenters. The Morgan fingerprint density at radius 2 is 1.69 bits per heavy atom. The highest BCUT2D eigenvalue weighted by Gasteiger charge is 2.22. The Bertz CT molecular complexity index is 1630. The van der Waals surface area contributed by atoms with Gasteiger partial charge in [-0.05, 0) is 71.5 Å². The molecule has 3 aromatic heterocycles. The number of H-pyrrole nitrogens is 2. The van der Waals surface area contributed by atoms with Crippen LogP contribution in [0.5, 0.6) is 0 Å². The molecule has 0 unspecified atom stereocenters. The number of rotatable bonds is 4. The van der Waals surface area contributed by atoms with Crippen LogP contribution in [0.2, 0.25) is 0 Å². The highest BCUT2D eigenvalue weighted by molar-refractivity contribution is 5.96. The van der Waals surface area contributed by atoms with Crippen molar-refractivity contribution in [2.45, 2.75) is 25.7 Å². The zero-order valence-corrected chi connectivity index (χ0v) is 20.0. The van der Waals surface area contributed by atoms with Crippen molar-refractivity contribution in [2.75, 3.05) is 18.4 Å². The number of nitrogens with zero attached hydrogens (tertiary/aromatic N) is 2. The monoisotopic (exact) mass is 477 g/mol. The first-order chi connectivity index (χ1) is 17.5. The number of fused-ring (bicyclic) bond motifs is 2. The van der Waals surface area contributed by atoms with Gasteiger partial charge in [-0.3, -0.25) is 9.59 Å². The lowest BCUT2D eigenvalue weighted by Gasteiger charge is -2.31. The molecule has 0 spiro atoms. The van der Waals surface area contributed by atoms with E-state index in [1.807, 2.05) is 47.5 Å². The van der Waals surface area contributed by atoms with E-state index in [9.17, 15) is 9.59 Å². The van der Waals surface area contributed by atoms with E-state index in [1.165, 1.54) is 5.56 Å². The summed E-state index contributed by atoms with van der Waals surface area (Å²) in [6.45, 7) is 3.25. The molecule has 0 aliphatic carbocycles. The first kappa shape index (κ1) is 22.1. The highest BCUT2D eigenvalue weighted by Crippen LogP contribution is 2.32. The van der Waals surface area contributed by atoms with E-state index in [1.54, 1.807) is 13.1 Å². The Morgan fingerprint density at radius 3 is 2.47 bits per heavy atom. The fourth-order valence-electron chi connectivity index (χ4n) is 5.16. The molecule has 4 heterocycles. The summed E-state index contributed by atoms with van der Waals surface area (Å²) in [5, 5.41) is 5.89. The quantitative estimate of drug-likeness (QED) is 0.317. The normalized spacial score (nSPS) is 14.4. The van der Waals surface area contributed by atoms with E-state index in [2.05, 4.69) is 39.6 Å². The maximum Gasteiger partial charge on any atom is 0.259 e. The number of anilines is 2. The van der Waals surface area contributed by atoms with Gasteiger partial charge in [-0.1, -0.05) is 24.3 Å². The van der Waals surface area contributed by atoms with Crippen LogP contribution >= 0.6 is 0 Å². The number of aromatic nitrogens is 3. The topological polar surface area (TPSA) is 93.9 Å². The van der Waals surface area contributed by atoms with Crippen LogP contribution < -0.4 is 10.9 Å². The van der Waals surface area contributed by atoms with Gasteiger partial charge < -0.3 is 20.2 Å². The van der Waals surface area contributed by atoms with Crippen molar-refractivity contribution in [3.63, 3.8) is 0 Å². The van der Waals surface area contributed by atoms with Gasteiger partial charge in [0.15, 0.2) is 0 Å². The van der Waals surface area contributed by atoms with Gasteiger partial charge >= 0.3 is 0 Å². The Morgan fingerprint density at radius 1 is 0.944 bits per heavy atom. The van der Waals surface area contributed by atoms with Crippen LogP contribution in [0, 0.1) is 0 Å².